The molecule has 130 valence electrons. The quantitative estimate of drug-likeness (QED) is 0.707. The molecule has 0 saturated carbocycles. The topological polar surface area (TPSA) is 54.0 Å². The van der Waals surface area contributed by atoms with E-state index in [1.54, 1.807) is 17.4 Å². The van der Waals surface area contributed by atoms with Crippen molar-refractivity contribution < 1.29 is 9.18 Å². The van der Waals surface area contributed by atoms with Crippen LogP contribution >= 0.6 is 22.7 Å². The number of anilines is 1. The first-order chi connectivity index (χ1) is 12.1. The fourth-order valence-corrected chi connectivity index (χ4v) is 5.27. The van der Waals surface area contributed by atoms with E-state index in [0.717, 1.165) is 41.6 Å². The number of carbonyl (C=O) groups is 1. The zero-order valence-corrected chi connectivity index (χ0v) is 15.4. The van der Waals surface area contributed by atoms with E-state index in [-0.39, 0.29) is 11.7 Å². The highest BCUT2D eigenvalue weighted by Gasteiger charge is 2.20. The Morgan fingerprint density at radius 1 is 1.32 bits per heavy atom. The molecule has 0 spiro atoms. The molecule has 0 bridgehead atoms. The highest BCUT2D eigenvalue weighted by molar-refractivity contribution is 7.21. The Hall–Kier alpha value is -1.83. The molecule has 3 aromatic rings. The maximum atomic E-state index is 13.4. The van der Waals surface area contributed by atoms with Crippen molar-refractivity contribution in [3.8, 4) is 0 Å². The van der Waals surface area contributed by atoms with Crippen molar-refractivity contribution in [2.45, 2.75) is 25.7 Å². The summed E-state index contributed by atoms with van der Waals surface area (Å²) in [6, 6.07) is 4.63. The molecule has 1 aliphatic heterocycles. The minimum atomic E-state index is -0.285. The van der Waals surface area contributed by atoms with Crippen molar-refractivity contribution in [2.75, 3.05) is 18.4 Å². The molecule has 2 aromatic heterocycles. The summed E-state index contributed by atoms with van der Waals surface area (Å²) in [5, 5.41) is 7.68. The molecular formula is C18H18FN3OS2. The van der Waals surface area contributed by atoms with Crippen molar-refractivity contribution in [1.29, 1.82) is 0 Å². The van der Waals surface area contributed by atoms with E-state index in [0.29, 0.717) is 15.9 Å². The number of nitrogens with one attached hydrogen (secondary N) is 2. The lowest BCUT2D eigenvalue weighted by atomic mass is 9.97. The molecule has 0 unspecified atom stereocenters. The van der Waals surface area contributed by atoms with Gasteiger partial charge in [0.05, 0.1) is 4.88 Å². The predicted molar refractivity (Wildman–Crippen MR) is 101 cm³/mol. The van der Waals surface area contributed by atoms with Crippen LogP contribution < -0.4 is 10.6 Å². The van der Waals surface area contributed by atoms with Gasteiger partial charge in [-0.3, -0.25) is 10.1 Å². The SMILES string of the molecule is Cc1c(C(=O)Nc2ncc(C3CCNCC3)s2)sc2ccc(F)cc12. The summed E-state index contributed by atoms with van der Waals surface area (Å²) in [5.41, 5.74) is 0.812. The smallest absolute Gasteiger partial charge is 0.267 e. The van der Waals surface area contributed by atoms with Crippen molar-refractivity contribution >= 4 is 43.8 Å². The van der Waals surface area contributed by atoms with Gasteiger partial charge in [0.1, 0.15) is 5.82 Å². The number of thiazole rings is 1. The van der Waals surface area contributed by atoms with Gasteiger partial charge in [-0.25, -0.2) is 9.37 Å². The van der Waals surface area contributed by atoms with Crippen LogP contribution in [0.25, 0.3) is 10.1 Å². The van der Waals surface area contributed by atoms with E-state index in [2.05, 4.69) is 15.6 Å². The van der Waals surface area contributed by atoms with E-state index in [1.165, 1.54) is 28.3 Å². The highest BCUT2D eigenvalue weighted by Crippen LogP contribution is 2.34. The predicted octanol–water partition coefficient (Wildman–Crippen LogP) is 4.52. The van der Waals surface area contributed by atoms with Gasteiger partial charge in [0.25, 0.3) is 5.91 Å². The summed E-state index contributed by atoms with van der Waals surface area (Å²) in [6.07, 6.45) is 4.09. The van der Waals surface area contributed by atoms with Gasteiger partial charge in [-0.05, 0) is 67.9 Å². The molecule has 7 heteroatoms. The molecule has 1 fully saturated rings. The molecule has 2 N–H and O–H groups in total. The van der Waals surface area contributed by atoms with Crippen LogP contribution in [0.2, 0.25) is 0 Å². The Kier molecular flexibility index (Phi) is 4.54. The number of hydrogen-bond acceptors (Lipinski definition) is 5. The number of piperidine rings is 1. The van der Waals surface area contributed by atoms with Gasteiger partial charge < -0.3 is 5.32 Å². The first-order valence-electron chi connectivity index (χ1n) is 8.28. The number of aryl methyl sites for hydroxylation is 1. The van der Waals surface area contributed by atoms with E-state index in [9.17, 15) is 9.18 Å². The van der Waals surface area contributed by atoms with Crippen LogP contribution in [0.4, 0.5) is 9.52 Å². The molecule has 4 nitrogen and oxygen atoms in total. The number of carbonyl (C=O) groups excluding carboxylic acids is 1. The molecule has 1 aromatic carbocycles. The van der Waals surface area contributed by atoms with Crippen molar-refractivity contribution in [3.63, 3.8) is 0 Å². The summed E-state index contributed by atoms with van der Waals surface area (Å²) >= 11 is 2.94. The average molecular weight is 375 g/mol. The van der Waals surface area contributed by atoms with Crippen LogP contribution in [0.3, 0.4) is 0 Å². The second kappa shape index (κ2) is 6.82. The number of benzene rings is 1. The number of aromatic nitrogens is 1. The fraction of sp³-hybridized carbons (Fsp3) is 0.333. The van der Waals surface area contributed by atoms with Gasteiger partial charge in [-0.1, -0.05) is 0 Å². The van der Waals surface area contributed by atoms with Crippen LogP contribution in [0.1, 0.15) is 38.9 Å². The van der Waals surface area contributed by atoms with E-state index >= 15 is 0 Å². The van der Waals surface area contributed by atoms with Crippen LogP contribution in [-0.4, -0.2) is 24.0 Å². The molecule has 1 aliphatic rings. The molecule has 25 heavy (non-hydrogen) atoms. The van der Waals surface area contributed by atoms with E-state index in [1.807, 2.05) is 13.1 Å². The largest absolute Gasteiger partial charge is 0.317 e. The van der Waals surface area contributed by atoms with Crippen LogP contribution in [-0.2, 0) is 0 Å². The summed E-state index contributed by atoms with van der Waals surface area (Å²) in [6.45, 7) is 3.92. The minimum absolute atomic E-state index is 0.176. The summed E-state index contributed by atoms with van der Waals surface area (Å²) in [7, 11) is 0. The second-order valence-corrected chi connectivity index (χ2v) is 8.36. The number of nitrogens with zero attached hydrogens (tertiary/aromatic N) is 1. The van der Waals surface area contributed by atoms with Crippen molar-refractivity contribution in [2.24, 2.45) is 0 Å². The minimum Gasteiger partial charge on any atom is -0.317 e. The highest BCUT2D eigenvalue weighted by atomic mass is 32.1. The first-order valence-corrected chi connectivity index (χ1v) is 9.91. The zero-order valence-electron chi connectivity index (χ0n) is 13.8. The van der Waals surface area contributed by atoms with E-state index < -0.39 is 0 Å². The standard InChI is InChI=1S/C18H18FN3OS2/c1-10-13-8-12(19)2-3-14(13)24-16(10)17(23)22-18-21-9-15(25-18)11-4-6-20-7-5-11/h2-3,8-9,11,20H,4-7H2,1H3,(H,21,22,23). The van der Waals surface area contributed by atoms with Gasteiger partial charge in [0.15, 0.2) is 5.13 Å². The number of hydrogen-bond donors (Lipinski definition) is 2. The average Bonchev–Trinajstić information content (AvgIpc) is 3.21. The Bertz CT molecular complexity index is 928. The van der Waals surface area contributed by atoms with Crippen molar-refractivity contribution in [3.05, 3.63) is 45.5 Å². The Morgan fingerprint density at radius 2 is 2.12 bits per heavy atom. The number of thiophene rings is 1. The number of amides is 1. The Balaban J connectivity index is 1.54. The maximum absolute atomic E-state index is 13.4. The molecule has 1 amide bonds. The summed E-state index contributed by atoms with van der Waals surface area (Å²) < 4.78 is 14.4. The van der Waals surface area contributed by atoms with Crippen LogP contribution in [0.15, 0.2) is 24.4 Å². The van der Waals surface area contributed by atoms with Crippen LogP contribution in [0.5, 0.6) is 0 Å². The lowest BCUT2D eigenvalue weighted by Crippen LogP contribution is -2.26. The van der Waals surface area contributed by atoms with E-state index in [4.69, 9.17) is 0 Å². The summed E-state index contributed by atoms with van der Waals surface area (Å²) in [4.78, 5) is 18.8. The second-order valence-electron chi connectivity index (χ2n) is 6.24. The lowest BCUT2D eigenvalue weighted by Gasteiger charge is -2.20. The normalized spacial score (nSPS) is 15.6. The molecule has 4 rings (SSSR count). The van der Waals surface area contributed by atoms with Crippen molar-refractivity contribution in [1.82, 2.24) is 10.3 Å². The van der Waals surface area contributed by atoms with Gasteiger partial charge in [0, 0.05) is 15.8 Å². The maximum Gasteiger partial charge on any atom is 0.267 e. The Morgan fingerprint density at radius 3 is 2.92 bits per heavy atom. The molecular weight excluding hydrogens is 357 g/mol. The van der Waals surface area contributed by atoms with Gasteiger partial charge in [-0.2, -0.15) is 0 Å². The van der Waals surface area contributed by atoms with Gasteiger partial charge in [-0.15, -0.1) is 22.7 Å². The van der Waals surface area contributed by atoms with Gasteiger partial charge in [0.2, 0.25) is 0 Å². The molecule has 3 heterocycles. The van der Waals surface area contributed by atoms with Crippen LogP contribution in [0, 0.1) is 12.7 Å². The molecule has 1 saturated heterocycles. The third-order valence-corrected chi connectivity index (χ3v) is 6.94. The summed E-state index contributed by atoms with van der Waals surface area (Å²) in [5.74, 6) is 0.0654. The third kappa shape index (κ3) is 3.31. The number of fused-ring (bicyclic) bond motifs is 1. The molecule has 0 aliphatic carbocycles. The zero-order chi connectivity index (χ0) is 17.4. The first kappa shape index (κ1) is 16.6. The Labute approximate surface area is 153 Å². The number of rotatable bonds is 3. The van der Waals surface area contributed by atoms with Gasteiger partial charge >= 0.3 is 0 Å². The molecule has 0 radical (unpaired) electrons. The third-order valence-electron chi connectivity index (χ3n) is 4.59. The fourth-order valence-electron chi connectivity index (χ4n) is 3.20. The molecule has 0 atom stereocenters. The number of halogens is 1. The lowest BCUT2D eigenvalue weighted by molar-refractivity contribution is 0.103. The monoisotopic (exact) mass is 375 g/mol.